The monoisotopic (exact) mass is 308 g/mol. The fourth-order valence-corrected chi connectivity index (χ4v) is 5.37. The van der Waals surface area contributed by atoms with E-state index < -0.39 is 0 Å². The molecule has 0 aromatic rings. The molecule has 0 bridgehead atoms. The quantitative estimate of drug-likeness (QED) is 0.356. The van der Waals surface area contributed by atoms with E-state index in [0.717, 1.165) is 19.3 Å². The second-order valence-electron chi connectivity index (χ2n) is 7.08. The third-order valence-electron chi connectivity index (χ3n) is 5.74. The van der Waals surface area contributed by atoms with Crippen LogP contribution < -0.4 is 5.73 Å². The Morgan fingerprint density at radius 2 is 2.38 bits per heavy atom. The molecule has 4 nitrogen and oxygen atoms in total. The maximum Gasteiger partial charge on any atom is 0.310 e. The van der Waals surface area contributed by atoms with Crippen LogP contribution in [0.15, 0.2) is 12.2 Å². The lowest BCUT2D eigenvalue weighted by Crippen LogP contribution is -2.44. The van der Waals surface area contributed by atoms with Crippen molar-refractivity contribution in [3.63, 3.8) is 0 Å². The average molecular weight is 308 g/mol. The molecular formula is C16H24N2O2S. The first-order valence-corrected chi connectivity index (χ1v) is 8.74. The average Bonchev–Trinajstić information content (AvgIpc) is 2.68. The zero-order chi connectivity index (χ0) is 15.2. The van der Waals surface area contributed by atoms with Crippen molar-refractivity contribution in [2.75, 3.05) is 5.75 Å². The summed E-state index contributed by atoms with van der Waals surface area (Å²) in [6.07, 6.45) is 5.58. The molecule has 3 rings (SSSR count). The summed E-state index contributed by atoms with van der Waals surface area (Å²) in [6.45, 7) is 6.63. The first-order valence-electron chi connectivity index (χ1n) is 7.76. The van der Waals surface area contributed by atoms with Crippen LogP contribution in [-0.4, -0.2) is 23.0 Å². The zero-order valence-corrected chi connectivity index (χ0v) is 13.4. The molecule has 3 aliphatic rings. The van der Waals surface area contributed by atoms with Crippen molar-refractivity contribution < 1.29 is 9.53 Å². The molecule has 5 heteroatoms. The van der Waals surface area contributed by atoms with Crippen molar-refractivity contribution in [3.05, 3.63) is 12.2 Å². The van der Waals surface area contributed by atoms with Gasteiger partial charge in [-0.15, -0.1) is 0 Å². The molecule has 3 N–H and O–H groups in total. The molecule has 1 heterocycles. The summed E-state index contributed by atoms with van der Waals surface area (Å²) in [5.74, 6) is 1.17. The van der Waals surface area contributed by atoms with Crippen LogP contribution in [0.2, 0.25) is 0 Å². The number of ether oxygens (including phenoxy) is 1. The molecule has 1 saturated heterocycles. The van der Waals surface area contributed by atoms with Gasteiger partial charge < -0.3 is 10.5 Å². The molecule has 116 valence electrons. The lowest BCUT2D eigenvalue weighted by atomic mass is 9.55. The second kappa shape index (κ2) is 5.34. The highest BCUT2D eigenvalue weighted by Gasteiger charge is 2.54. The number of hydrogen-bond acceptors (Lipinski definition) is 4. The smallest absolute Gasteiger partial charge is 0.310 e. The second-order valence-corrected chi connectivity index (χ2v) is 8.14. The maximum atomic E-state index is 12.2. The predicted octanol–water partition coefficient (Wildman–Crippen LogP) is 2.93. The molecule has 0 radical (unpaired) electrons. The Bertz CT molecular complexity index is 493. The van der Waals surface area contributed by atoms with Gasteiger partial charge in [-0.1, -0.05) is 30.8 Å². The number of amidine groups is 1. The minimum atomic E-state index is -0.108. The zero-order valence-electron chi connectivity index (χ0n) is 12.6. The summed E-state index contributed by atoms with van der Waals surface area (Å²) < 4.78 is 5.67. The number of carbonyl (C=O) groups excluding carboxylic acids is 1. The number of carbonyl (C=O) groups is 1. The summed E-state index contributed by atoms with van der Waals surface area (Å²) in [7, 11) is 0. The van der Waals surface area contributed by atoms with Crippen molar-refractivity contribution in [2.45, 2.75) is 45.1 Å². The van der Waals surface area contributed by atoms with Gasteiger partial charge >= 0.3 is 5.97 Å². The van der Waals surface area contributed by atoms with Gasteiger partial charge in [0, 0.05) is 11.7 Å². The molecule has 2 aliphatic carbocycles. The lowest BCUT2D eigenvalue weighted by molar-refractivity contribution is -0.145. The van der Waals surface area contributed by atoms with E-state index in [1.807, 2.05) is 0 Å². The Kier molecular flexibility index (Phi) is 3.80. The molecule has 0 aromatic carbocycles. The van der Waals surface area contributed by atoms with Crippen molar-refractivity contribution in [2.24, 2.45) is 28.9 Å². The first kappa shape index (κ1) is 14.9. The van der Waals surface area contributed by atoms with Gasteiger partial charge in [0.15, 0.2) is 5.17 Å². The van der Waals surface area contributed by atoms with Crippen LogP contribution in [0, 0.1) is 28.6 Å². The molecule has 1 unspecified atom stereocenters. The van der Waals surface area contributed by atoms with E-state index in [1.54, 1.807) is 0 Å². The number of nitrogens with two attached hydrogens (primary N) is 1. The molecule has 21 heavy (non-hydrogen) atoms. The summed E-state index contributed by atoms with van der Waals surface area (Å²) in [5, 5.41) is 7.42. The molecular weight excluding hydrogens is 284 g/mol. The third-order valence-corrected chi connectivity index (χ3v) is 6.58. The lowest BCUT2D eigenvalue weighted by Gasteiger charge is -2.50. The maximum absolute atomic E-state index is 12.2. The van der Waals surface area contributed by atoms with Gasteiger partial charge in [-0.2, -0.15) is 0 Å². The highest BCUT2D eigenvalue weighted by Crippen LogP contribution is 2.57. The van der Waals surface area contributed by atoms with Crippen molar-refractivity contribution in [1.82, 2.24) is 0 Å². The van der Waals surface area contributed by atoms with Crippen molar-refractivity contribution in [1.29, 1.82) is 5.41 Å². The van der Waals surface area contributed by atoms with Crippen LogP contribution in [0.25, 0.3) is 0 Å². The Morgan fingerprint density at radius 3 is 3.10 bits per heavy atom. The summed E-state index contributed by atoms with van der Waals surface area (Å²) in [4.78, 5) is 12.2. The van der Waals surface area contributed by atoms with E-state index in [1.165, 1.54) is 30.2 Å². The van der Waals surface area contributed by atoms with Gasteiger partial charge in [-0.3, -0.25) is 10.2 Å². The van der Waals surface area contributed by atoms with Gasteiger partial charge in [0.05, 0.1) is 5.92 Å². The summed E-state index contributed by atoms with van der Waals surface area (Å²) in [6, 6.07) is 0. The van der Waals surface area contributed by atoms with Gasteiger partial charge in [-0.05, 0) is 43.4 Å². The van der Waals surface area contributed by atoms with Crippen LogP contribution >= 0.6 is 11.8 Å². The number of nitrogens with one attached hydrogen (secondary N) is 1. The Hall–Kier alpha value is -0.970. The van der Waals surface area contributed by atoms with Crippen molar-refractivity contribution >= 4 is 22.9 Å². The highest BCUT2D eigenvalue weighted by atomic mass is 32.2. The van der Waals surface area contributed by atoms with E-state index in [2.05, 4.69) is 13.5 Å². The number of fused-ring (bicyclic) bond motifs is 2. The van der Waals surface area contributed by atoms with Crippen LogP contribution in [0.3, 0.4) is 0 Å². The summed E-state index contributed by atoms with van der Waals surface area (Å²) in [5.41, 5.74) is 7.02. The van der Waals surface area contributed by atoms with Crippen LogP contribution in [0.4, 0.5) is 0 Å². The Labute approximate surface area is 130 Å². The van der Waals surface area contributed by atoms with Crippen LogP contribution in [0.1, 0.15) is 39.0 Å². The van der Waals surface area contributed by atoms with Crippen molar-refractivity contribution in [3.8, 4) is 0 Å². The SMILES string of the molecule is C=C1CCC[C@]2(C)C[C@H]3OC(=O)C(CSC(=N)N)[C@H]3C[C@@H]12. The fraction of sp³-hybridized carbons (Fsp3) is 0.750. The highest BCUT2D eigenvalue weighted by molar-refractivity contribution is 8.13. The first-order chi connectivity index (χ1) is 9.90. The fourth-order valence-electron chi connectivity index (χ4n) is 4.63. The molecule has 2 saturated carbocycles. The number of rotatable bonds is 2. The molecule has 0 aromatic heterocycles. The van der Waals surface area contributed by atoms with E-state index >= 15 is 0 Å². The van der Waals surface area contributed by atoms with Crippen LogP contribution in [0.5, 0.6) is 0 Å². The molecule has 0 spiro atoms. The topological polar surface area (TPSA) is 76.2 Å². The molecule has 0 amide bonds. The standard InChI is InChI=1S/C16H24N2O2S/c1-9-4-3-5-16(2)7-13-10(6-12(9)16)11(14(19)20-13)8-21-15(17)18/h10-13H,1,3-8H2,2H3,(H3,17,18)/t10-,11?,12+,13-,16-/m1/s1. The van der Waals surface area contributed by atoms with E-state index in [4.69, 9.17) is 15.9 Å². The number of thioether (sulfide) groups is 1. The third kappa shape index (κ3) is 2.60. The number of esters is 1. The largest absolute Gasteiger partial charge is 0.462 e. The van der Waals surface area contributed by atoms with E-state index in [9.17, 15) is 4.79 Å². The minimum absolute atomic E-state index is 0.0576. The predicted molar refractivity (Wildman–Crippen MR) is 85.1 cm³/mol. The van der Waals surface area contributed by atoms with Gasteiger partial charge in [-0.25, -0.2) is 0 Å². The van der Waals surface area contributed by atoms with E-state index in [-0.39, 0.29) is 34.5 Å². The van der Waals surface area contributed by atoms with Gasteiger partial charge in [0.1, 0.15) is 6.10 Å². The normalized spacial score (nSPS) is 42.1. The Morgan fingerprint density at radius 1 is 1.62 bits per heavy atom. The van der Waals surface area contributed by atoms with E-state index in [0.29, 0.717) is 11.7 Å². The summed E-state index contributed by atoms with van der Waals surface area (Å²) >= 11 is 1.26. The van der Waals surface area contributed by atoms with Gasteiger partial charge in [0.2, 0.25) is 0 Å². The van der Waals surface area contributed by atoms with Gasteiger partial charge in [0.25, 0.3) is 0 Å². The molecule has 5 atom stereocenters. The molecule has 1 aliphatic heterocycles. The van der Waals surface area contributed by atoms with Crippen LogP contribution in [-0.2, 0) is 9.53 Å². The molecule has 3 fully saturated rings. The Balaban J connectivity index is 1.78. The number of hydrogen-bond donors (Lipinski definition) is 2. The number of allylic oxidation sites excluding steroid dienone is 1. The minimum Gasteiger partial charge on any atom is -0.462 e.